The van der Waals surface area contributed by atoms with Crippen LogP contribution in [0, 0.1) is 5.92 Å². The van der Waals surface area contributed by atoms with Crippen molar-refractivity contribution in [3.8, 4) is 0 Å². The normalized spacial score (nSPS) is 14.5. The molecule has 1 N–H and O–H groups in total. The van der Waals surface area contributed by atoms with E-state index in [1.165, 1.54) is 13.0 Å². The lowest BCUT2D eigenvalue weighted by molar-refractivity contribution is 0.302. The summed E-state index contributed by atoms with van der Waals surface area (Å²) in [6.45, 7) is 10.2. The third kappa shape index (κ3) is 7.03. The molecular weight excluding hydrogens is 160 g/mol. The van der Waals surface area contributed by atoms with E-state index in [4.69, 9.17) is 0 Å². The minimum Gasteiger partial charge on any atom is -0.311 e. The van der Waals surface area contributed by atoms with E-state index in [1.807, 2.05) is 0 Å². The van der Waals surface area contributed by atoms with Gasteiger partial charge in [-0.3, -0.25) is 0 Å². The highest BCUT2D eigenvalue weighted by Crippen LogP contribution is 2.07. The molecule has 0 heterocycles. The first kappa shape index (κ1) is 12.9. The SMILES string of the molecule is CC(C)NC(CCN(C)C)C(C)C. The Morgan fingerprint density at radius 2 is 1.62 bits per heavy atom. The predicted molar refractivity (Wildman–Crippen MR) is 60.1 cm³/mol. The van der Waals surface area contributed by atoms with Gasteiger partial charge in [-0.05, 0) is 33.0 Å². The summed E-state index contributed by atoms with van der Waals surface area (Å²) in [4.78, 5) is 2.25. The van der Waals surface area contributed by atoms with Crippen LogP contribution < -0.4 is 5.32 Å². The van der Waals surface area contributed by atoms with Crippen molar-refractivity contribution >= 4 is 0 Å². The van der Waals surface area contributed by atoms with Crippen LogP contribution in [0.4, 0.5) is 0 Å². The molecule has 0 fully saturated rings. The molecule has 1 atom stereocenters. The van der Waals surface area contributed by atoms with Gasteiger partial charge in [0.2, 0.25) is 0 Å². The Labute approximate surface area is 83.7 Å². The smallest absolute Gasteiger partial charge is 0.0105 e. The highest BCUT2D eigenvalue weighted by molar-refractivity contribution is 4.73. The van der Waals surface area contributed by atoms with Crippen LogP contribution >= 0.6 is 0 Å². The minimum absolute atomic E-state index is 0.592. The third-order valence-electron chi connectivity index (χ3n) is 2.24. The number of rotatable bonds is 6. The molecule has 2 heteroatoms. The van der Waals surface area contributed by atoms with Crippen molar-refractivity contribution in [1.29, 1.82) is 0 Å². The molecule has 0 saturated heterocycles. The van der Waals surface area contributed by atoms with Crippen molar-refractivity contribution in [2.45, 2.75) is 46.2 Å². The Morgan fingerprint density at radius 1 is 1.08 bits per heavy atom. The van der Waals surface area contributed by atoms with E-state index in [9.17, 15) is 0 Å². The molecule has 0 spiro atoms. The highest BCUT2D eigenvalue weighted by atomic mass is 15.1. The number of nitrogens with one attached hydrogen (secondary N) is 1. The van der Waals surface area contributed by atoms with E-state index < -0.39 is 0 Å². The van der Waals surface area contributed by atoms with E-state index in [1.54, 1.807) is 0 Å². The first-order valence-electron chi connectivity index (χ1n) is 5.34. The maximum atomic E-state index is 3.61. The van der Waals surface area contributed by atoms with Crippen molar-refractivity contribution in [3.05, 3.63) is 0 Å². The van der Waals surface area contributed by atoms with Gasteiger partial charge in [0.05, 0.1) is 0 Å². The van der Waals surface area contributed by atoms with Gasteiger partial charge in [0, 0.05) is 12.1 Å². The molecule has 0 aliphatic rings. The standard InChI is InChI=1S/C11H26N2/c1-9(2)11(12-10(3)4)7-8-13(5)6/h9-12H,7-8H2,1-6H3. The zero-order valence-corrected chi connectivity index (χ0v) is 10.1. The van der Waals surface area contributed by atoms with Gasteiger partial charge in [-0.1, -0.05) is 27.7 Å². The second kappa shape index (κ2) is 6.39. The van der Waals surface area contributed by atoms with E-state index in [2.05, 4.69) is 52.0 Å². The van der Waals surface area contributed by atoms with Crippen molar-refractivity contribution in [2.75, 3.05) is 20.6 Å². The van der Waals surface area contributed by atoms with Crippen molar-refractivity contribution in [1.82, 2.24) is 10.2 Å². The van der Waals surface area contributed by atoms with Crippen LogP contribution in [0.25, 0.3) is 0 Å². The van der Waals surface area contributed by atoms with E-state index in [0.29, 0.717) is 12.1 Å². The molecule has 0 aromatic carbocycles. The largest absolute Gasteiger partial charge is 0.311 e. The molecule has 0 rings (SSSR count). The topological polar surface area (TPSA) is 15.3 Å². The Bertz CT molecular complexity index is 119. The molecule has 0 bridgehead atoms. The first-order chi connectivity index (χ1) is 5.93. The fourth-order valence-corrected chi connectivity index (χ4v) is 1.43. The molecule has 0 aromatic rings. The summed E-state index contributed by atoms with van der Waals surface area (Å²) < 4.78 is 0. The number of hydrogen-bond donors (Lipinski definition) is 1. The van der Waals surface area contributed by atoms with E-state index >= 15 is 0 Å². The Balaban J connectivity index is 3.81. The van der Waals surface area contributed by atoms with Crippen LogP contribution in [0.5, 0.6) is 0 Å². The van der Waals surface area contributed by atoms with Crippen molar-refractivity contribution < 1.29 is 0 Å². The Kier molecular flexibility index (Phi) is 6.35. The predicted octanol–water partition coefficient (Wildman–Crippen LogP) is 1.96. The average Bonchev–Trinajstić information content (AvgIpc) is 1.96. The Hall–Kier alpha value is -0.0800. The lowest BCUT2D eigenvalue weighted by Crippen LogP contribution is -2.40. The molecule has 2 nitrogen and oxygen atoms in total. The van der Waals surface area contributed by atoms with Gasteiger partial charge in [0.15, 0.2) is 0 Å². The van der Waals surface area contributed by atoms with Gasteiger partial charge in [-0.2, -0.15) is 0 Å². The molecule has 13 heavy (non-hydrogen) atoms. The zero-order valence-electron chi connectivity index (χ0n) is 10.1. The fraction of sp³-hybridized carbons (Fsp3) is 1.00. The highest BCUT2D eigenvalue weighted by Gasteiger charge is 2.13. The molecular formula is C11H26N2. The molecule has 0 aliphatic heterocycles. The minimum atomic E-state index is 0.592. The summed E-state index contributed by atoms with van der Waals surface area (Å²) >= 11 is 0. The van der Waals surface area contributed by atoms with Gasteiger partial charge in [-0.15, -0.1) is 0 Å². The summed E-state index contributed by atoms with van der Waals surface area (Å²) in [6.07, 6.45) is 1.24. The molecule has 0 radical (unpaired) electrons. The van der Waals surface area contributed by atoms with Crippen LogP contribution in [0.3, 0.4) is 0 Å². The summed E-state index contributed by atoms with van der Waals surface area (Å²) in [5.74, 6) is 0.724. The third-order valence-corrected chi connectivity index (χ3v) is 2.24. The van der Waals surface area contributed by atoms with Crippen LogP contribution in [-0.2, 0) is 0 Å². The van der Waals surface area contributed by atoms with Gasteiger partial charge in [-0.25, -0.2) is 0 Å². The molecule has 80 valence electrons. The fourth-order valence-electron chi connectivity index (χ4n) is 1.43. The summed E-state index contributed by atoms with van der Waals surface area (Å²) in [5, 5.41) is 3.61. The molecule has 0 aromatic heterocycles. The number of hydrogen-bond acceptors (Lipinski definition) is 2. The zero-order chi connectivity index (χ0) is 10.4. The summed E-state index contributed by atoms with van der Waals surface area (Å²) in [5.41, 5.74) is 0. The van der Waals surface area contributed by atoms with Crippen LogP contribution in [0.2, 0.25) is 0 Å². The van der Waals surface area contributed by atoms with Crippen molar-refractivity contribution in [2.24, 2.45) is 5.92 Å². The second-order valence-corrected chi connectivity index (χ2v) is 4.76. The molecule has 0 aliphatic carbocycles. The molecule has 0 saturated carbocycles. The van der Waals surface area contributed by atoms with Gasteiger partial charge >= 0.3 is 0 Å². The van der Waals surface area contributed by atoms with E-state index in [-0.39, 0.29) is 0 Å². The lowest BCUT2D eigenvalue weighted by atomic mass is 10.00. The molecule has 0 amide bonds. The first-order valence-corrected chi connectivity index (χ1v) is 5.34. The quantitative estimate of drug-likeness (QED) is 0.682. The summed E-state index contributed by atoms with van der Waals surface area (Å²) in [6, 6.07) is 1.25. The summed E-state index contributed by atoms with van der Waals surface area (Å²) in [7, 11) is 4.26. The lowest BCUT2D eigenvalue weighted by Gasteiger charge is -2.26. The van der Waals surface area contributed by atoms with Gasteiger partial charge in [0.25, 0.3) is 0 Å². The number of nitrogens with zero attached hydrogens (tertiary/aromatic N) is 1. The van der Waals surface area contributed by atoms with Gasteiger partial charge < -0.3 is 10.2 Å². The second-order valence-electron chi connectivity index (χ2n) is 4.76. The van der Waals surface area contributed by atoms with E-state index in [0.717, 1.165) is 5.92 Å². The van der Waals surface area contributed by atoms with Crippen LogP contribution in [0.1, 0.15) is 34.1 Å². The maximum absolute atomic E-state index is 3.61. The monoisotopic (exact) mass is 186 g/mol. The van der Waals surface area contributed by atoms with Crippen molar-refractivity contribution in [3.63, 3.8) is 0 Å². The van der Waals surface area contributed by atoms with Gasteiger partial charge in [0.1, 0.15) is 0 Å². The Morgan fingerprint density at radius 3 is 1.92 bits per heavy atom. The maximum Gasteiger partial charge on any atom is 0.0105 e. The average molecular weight is 186 g/mol. The molecule has 1 unspecified atom stereocenters. The van der Waals surface area contributed by atoms with Crippen LogP contribution in [-0.4, -0.2) is 37.6 Å². The van der Waals surface area contributed by atoms with Crippen LogP contribution in [0.15, 0.2) is 0 Å².